The predicted octanol–water partition coefficient (Wildman–Crippen LogP) is 2.40. The molecular weight excluding hydrogens is 224 g/mol. The van der Waals surface area contributed by atoms with Gasteiger partial charge in [-0.15, -0.1) is 0 Å². The van der Waals surface area contributed by atoms with Crippen molar-refractivity contribution in [3.63, 3.8) is 0 Å². The van der Waals surface area contributed by atoms with Crippen LogP contribution >= 0.6 is 0 Å². The fraction of sp³-hybridized carbons (Fsp3) is 0.0667. The summed E-state index contributed by atoms with van der Waals surface area (Å²) in [5, 5.41) is 0. The molecule has 18 heavy (non-hydrogen) atoms. The van der Waals surface area contributed by atoms with Gasteiger partial charge < -0.3 is 0 Å². The predicted molar refractivity (Wildman–Crippen MR) is 70.7 cm³/mol. The average molecular weight is 236 g/mol. The molecule has 0 amide bonds. The zero-order valence-corrected chi connectivity index (χ0v) is 9.78. The standard InChI is InChI=1S/C15H12N2O/c18-15-16-13-9-5-2-6-10-14(13)17(15)11-12-7-3-1-4-8-12/h1-10H,11H2. The summed E-state index contributed by atoms with van der Waals surface area (Å²) in [6.45, 7) is 0.556. The Kier molecular flexibility index (Phi) is 2.65. The number of aromatic nitrogens is 2. The fourth-order valence-corrected chi connectivity index (χ4v) is 2.04. The lowest BCUT2D eigenvalue weighted by molar-refractivity contribution is 0.772. The Bertz CT molecular complexity index is 688. The van der Waals surface area contributed by atoms with Crippen molar-refractivity contribution in [2.75, 3.05) is 0 Å². The van der Waals surface area contributed by atoms with E-state index < -0.39 is 0 Å². The topological polar surface area (TPSA) is 34.9 Å². The number of rotatable bonds is 2. The first-order valence-electron chi connectivity index (χ1n) is 5.84. The lowest BCUT2D eigenvalue weighted by atomic mass is 10.2. The Hall–Kier alpha value is -2.42. The summed E-state index contributed by atoms with van der Waals surface area (Å²) in [6, 6.07) is 19.4. The number of hydrogen-bond acceptors (Lipinski definition) is 2. The Labute approximate surface area is 105 Å². The lowest BCUT2D eigenvalue weighted by Gasteiger charge is -2.04. The SMILES string of the molecule is O=c1nc2cccccc-2n1Cc1ccccc1. The Morgan fingerprint density at radius 1 is 0.889 bits per heavy atom. The van der Waals surface area contributed by atoms with Gasteiger partial charge in [0.25, 0.3) is 0 Å². The van der Waals surface area contributed by atoms with Crippen LogP contribution in [0.5, 0.6) is 0 Å². The summed E-state index contributed by atoms with van der Waals surface area (Å²) in [5.74, 6) is 0. The summed E-state index contributed by atoms with van der Waals surface area (Å²) in [5.41, 5.74) is 2.51. The van der Waals surface area contributed by atoms with E-state index in [1.54, 1.807) is 4.57 Å². The molecule has 1 heterocycles. The number of benzene rings is 1. The van der Waals surface area contributed by atoms with Gasteiger partial charge in [-0.1, -0.05) is 48.5 Å². The summed E-state index contributed by atoms with van der Waals surface area (Å²) >= 11 is 0. The zero-order valence-electron chi connectivity index (χ0n) is 9.78. The fourth-order valence-electron chi connectivity index (χ4n) is 2.04. The normalized spacial score (nSPS) is 10.7. The van der Waals surface area contributed by atoms with E-state index in [0.717, 1.165) is 17.0 Å². The van der Waals surface area contributed by atoms with Crippen LogP contribution in [0.1, 0.15) is 5.56 Å². The highest BCUT2D eigenvalue weighted by molar-refractivity contribution is 5.55. The zero-order chi connectivity index (χ0) is 12.4. The minimum atomic E-state index is -0.194. The summed E-state index contributed by atoms with van der Waals surface area (Å²) in [4.78, 5) is 16.0. The van der Waals surface area contributed by atoms with Gasteiger partial charge >= 0.3 is 5.69 Å². The maximum absolute atomic E-state index is 11.9. The molecule has 1 aromatic carbocycles. The van der Waals surface area contributed by atoms with Crippen LogP contribution in [-0.4, -0.2) is 9.55 Å². The highest BCUT2D eigenvalue weighted by atomic mass is 16.1. The van der Waals surface area contributed by atoms with Gasteiger partial charge in [0.2, 0.25) is 0 Å². The molecular formula is C15H12N2O. The maximum atomic E-state index is 11.9. The molecule has 2 aliphatic rings. The second kappa shape index (κ2) is 4.45. The molecule has 0 bridgehead atoms. The van der Waals surface area contributed by atoms with Crippen molar-refractivity contribution in [2.45, 2.75) is 6.54 Å². The molecule has 3 nitrogen and oxygen atoms in total. The largest absolute Gasteiger partial charge is 0.349 e. The second-order valence-electron chi connectivity index (χ2n) is 4.15. The van der Waals surface area contributed by atoms with E-state index in [9.17, 15) is 4.79 Å². The van der Waals surface area contributed by atoms with Gasteiger partial charge in [-0.2, -0.15) is 4.98 Å². The van der Waals surface area contributed by atoms with Crippen LogP contribution in [0, 0.1) is 0 Å². The van der Waals surface area contributed by atoms with E-state index in [2.05, 4.69) is 4.98 Å². The average Bonchev–Trinajstić information content (AvgIpc) is 2.56. The van der Waals surface area contributed by atoms with Crippen molar-refractivity contribution in [2.24, 2.45) is 0 Å². The van der Waals surface area contributed by atoms with Gasteiger partial charge in [-0.25, -0.2) is 4.79 Å². The number of nitrogens with zero attached hydrogens (tertiary/aromatic N) is 2. The van der Waals surface area contributed by atoms with Gasteiger partial charge in [0, 0.05) is 0 Å². The monoisotopic (exact) mass is 236 g/mol. The van der Waals surface area contributed by atoms with Crippen LogP contribution in [0.3, 0.4) is 0 Å². The first-order valence-corrected chi connectivity index (χ1v) is 5.84. The van der Waals surface area contributed by atoms with Gasteiger partial charge in [0.1, 0.15) is 0 Å². The minimum Gasteiger partial charge on any atom is -0.286 e. The molecule has 0 fully saturated rings. The maximum Gasteiger partial charge on any atom is 0.349 e. The van der Waals surface area contributed by atoms with E-state index in [0.29, 0.717) is 6.54 Å². The summed E-state index contributed by atoms with van der Waals surface area (Å²) < 4.78 is 1.70. The lowest BCUT2D eigenvalue weighted by Crippen LogP contribution is -2.17. The summed E-state index contributed by atoms with van der Waals surface area (Å²) in [7, 11) is 0. The molecule has 3 rings (SSSR count). The number of fused-ring (bicyclic) bond motifs is 1. The van der Waals surface area contributed by atoms with Gasteiger partial charge in [-0.05, 0) is 17.7 Å². The van der Waals surface area contributed by atoms with Crippen LogP contribution < -0.4 is 5.69 Å². The quantitative estimate of drug-likeness (QED) is 0.684. The number of hydrogen-bond donors (Lipinski definition) is 0. The van der Waals surface area contributed by atoms with Crippen molar-refractivity contribution >= 4 is 0 Å². The molecule has 0 unspecified atom stereocenters. The Morgan fingerprint density at radius 2 is 1.56 bits per heavy atom. The molecule has 1 aliphatic heterocycles. The molecule has 0 atom stereocenters. The third kappa shape index (κ3) is 1.91. The second-order valence-corrected chi connectivity index (χ2v) is 4.15. The van der Waals surface area contributed by atoms with Crippen molar-refractivity contribution in [3.8, 4) is 11.4 Å². The van der Waals surface area contributed by atoms with Gasteiger partial charge in [-0.3, -0.25) is 4.57 Å². The van der Waals surface area contributed by atoms with Gasteiger partial charge in [0.05, 0.1) is 17.9 Å². The molecule has 0 radical (unpaired) electrons. The van der Waals surface area contributed by atoms with Crippen LogP contribution in [0.25, 0.3) is 11.4 Å². The minimum absolute atomic E-state index is 0.194. The van der Waals surface area contributed by atoms with Gasteiger partial charge in [0.15, 0.2) is 0 Å². The molecule has 3 heteroatoms. The number of imidazole rings is 1. The highest BCUT2D eigenvalue weighted by Gasteiger charge is 2.12. The molecule has 88 valence electrons. The first kappa shape index (κ1) is 10.7. The molecule has 0 N–H and O–H groups in total. The molecule has 0 spiro atoms. The van der Waals surface area contributed by atoms with E-state index in [1.165, 1.54) is 0 Å². The smallest absolute Gasteiger partial charge is 0.286 e. The molecule has 1 aromatic rings. The van der Waals surface area contributed by atoms with Crippen molar-refractivity contribution in [1.29, 1.82) is 0 Å². The van der Waals surface area contributed by atoms with E-state index >= 15 is 0 Å². The Morgan fingerprint density at radius 3 is 2.33 bits per heavy atom. The van der Waals surface area contributed by atoms with Crippen molar-refractivity contribution in [3.05, 3.63) is 76.7 Å². The van der Waals surface area contributed by atoms with E-state index in [4.69, 9.17) is 0 Å². The van der Waals surface area contributed by atoms with Crippen LogP contribution in [0.2, 0.25) is 0 Å². The van der Waals surface area contributed by atoms with E-state index in [1.807, 2.05) is 60.7 Å². The molecule has 1 aliphatic carbocycles. The molecule has 0 saturated heterocycles. The first-order chi connectivity index (χ1) is 8.84. The van der Waals surface area contributed by atoms with Crippen LogP contribution in [0.4, 0.5) is 0 Å². The third-order valence-corrected chi connectivity index (χ3v) is 2.91. The van der Waals surface area contributed by atoms with E-state index in [-0.39, 0.29) is 5.69 Å². The molecule has 0 saturated carbocycles. The highest BCUT2D eigenvalue weighted by Crippen LogP contribution is 2.16. The third-order valence-electron chi connectivity index (χ3n) is 2.91. The van der Waals surface area contributed by atoms with Crippen LogP contribution in [-0.2, 0) is 6.54 Å². The van der Waals surface area contributed by atoms with Crippen LogP contribution in [0.15, 0.2) is 65.5 Å². The Balaban J connectivity index is 2.09. The summed E-state index contributed by atoms with van der Waals surface area (Å²) in [6.07, 6.45) is 0. The molecule has 0 aromatic heterocycles. The van der Waals surface area contributed by atoms with Crippen molar-refractivity contribution in [1.82, 2.24) is 9.55 Å². The van der Waals surface area contributed by atoms with Crippen molar-refractivity contribution < 1.29 is 0 Å².